The van der Waals surface area contributed by atoms with E-state index in [1.54, 1.807) is 0 Å². The van der Waals surface area contributed by atoms with Gasteiger partial charge in [-0.2, -0.15) is 0 Å². The Bertz CT molecular complexity index is 462. The second kappa shape index (κ2) is 9.20. The first-order valence-corrected chi connectivity index (χ1v) is 7.98. The second-order valence-corrected chi connectivity index (χ2v) is 5.92. The molecular weight excluding hydrogens is 300 g/mol. The fraction of sp³-hybridized carbons (Fsp3) is 0.647. The van der Waals surface area contributed by atoms with E-state index in [0.717, 1.165) is 18.8 Å². The summed E-state index contributed by atoms with van der Waals surface area (Å²) in [6.07, 6.45) is -0.0728. The van der Waals surface area contributed by atoms with E-state index in [1.165, 1.54) is 5.56 Å². The lowest BCUT2D eigenvalue weighted by Gasteiger charge is -2.29. The summed E-state index contributed by atoms with van der Waals surface area (Å²) in [5.41, 5.74) is 1.23. The maximum atomic E-state index is 9.04. The number of benzene rings is 1. The Morgan fingerprint density at radius 1 is 1.17 bits per heavy atom. The van der Waals surface area contributed by atoms with Crippen LogP contribution in [0.25, 0.3) is 0 Å². The Morgan fingerprint density at radius 2 is 1.96 bits per heavy atom. The predicted octanol–water partition coefficient (Wildman–Crippen LogP) is 0.652. The first kappa shape index (κ1) is 18.2. The van der Waals surface area contributed by atoms with Gasteiger partial charge in [-0.3, -0.25) is 0 Å². The van der Waals surface area contributed by atoms with Crippen molar-refractivity contribution < 1.29 is 29.5 Å². The lowest BCUT2D eigenvalue weighted by atomic mass is 10.0. The number of rotatable bonds is 4. The van der Waals surface area contributed by atoms with Gasteiger partial charge in [-0.15, -0.1) is 0 Å². The van der Waals surface area contributed by atoms with Crippen molar-refractivity contribution in [3.63, 3.8) is 0 Å². The standard InChI is InChI=1S/C11H14O2.C6H12O4/c1-9-3-2-4-10(7-9)13-8-11-5-6-12-11;7-2-4-1-5(8)6(9)3-10-4/h2-4,7,11H,5-6,8H2,1H3;4-9H,1-3H2. The topological polar surface area (TPSA) is 88.4 Å². The smallest absolute Gasteiger partial charge is 0.119 e. The molecule has 0 amide bonds. The molecule has 0 saturated carbocycles. The van der Waals surface area contributed by atoms with Crippen molar-refractivity contribution in [2.45, 2.75) is 44.2 Å². The summed E-state index contributed by atoms with van der Waals surface area (Å²) in [4.78, 5) is 0. The maximum Gasteiger partial charge on any atom is 0.119 e. The third-order valence-corrected chi connectivity index (χ3v) is 3.87. The highest BCUT2D eigenvalue weighted by Gasteiger charge is 2.27. The molecule has 2 saturated heterocycles. The number of ether oxygens (including phenoxy) is 3. The maximum absolute atomic E-state index is 9.04. The molecule has 0 aliphatic carbocycles. The van der Waals surface area contributed by atoms with Gasteiger partial charge in [0.1, 0.15) is 18.5 Å². The number of aliphatic hydroxyl groups excluding tert-OH is 3. The molecule has 2 fully saturated rings. The zero-order valence-corrected chi connectivity index (χ0v) is 13.4. The van der Waals surface area contributed by atoms with Gasteiger partial charge in [-0.25, -0.2) is 0 Å². The highest BCUT2D eigenvalue weighted by molar-refractivity contribution is 5.27. The van der Waals surface area contributed by atoms with Gasteiger partial charge in [-0.1, -0.05) is 12.1 Å². The van der Waals surface area contributed by atoms with Gasteiger partial charge in [0, 0.05) is 19.4 Å². The Kier molecular flexibility index (Phi) is 7.26. The van der Waals surface area contributed by atoms with Crippen LogP contribution in [0.1, 0.15) is 18.4 Å². The zero-order chi connectivity index (χ0) is 16.7. The molecule has 1 aromatic rings. The van der Waals surface area contributed by atoms with Crippen molar-refractivity contribution in [1.82, 2.24) is 0 Å². The van der Waals surface area contributed by atoms with Gasteiger partial charge < -0.3 is 29.5 Å². The molecule has 0 radical (unpaired) electrons. The van der Waals surface area contributed by atoms with Crippen LogP contribution in [0.3, 0.4) is 0 Å². The lowest BCUT2D eigenvalue weighted by Crippen LogP contribution is -2.42. The fourth-order valence-corrected chi connectivity index (χ4v) is 2.28. The van der Waals surface area contributed by atoms with E-state index in [9.17, 15) is 0 Å². The molecule has 23 heavy (non-hydrogen) atoms. The predicted molar refractivity (Wildman–Crippen MR) is 84.5 cm³/mol. The minimum Gasteiger partial charge on any atom is -0.491 e. The average Bonchev–Trinajstić information content (AvgIpc) is 2.49. The SMILES string of the molecule is Cc1cccc(OCC2CCO2)c1.OCC1CC(O)C(O)CO1. The van der Waals surface area contributed by atoms with Crippen LogP contribution in [0.15, 0.2) is 24.3 Å². The van der Waals surface area contributed by atoms with Crippen molar-refractivity contribution in [3.05, 3.63) is 29.8 Å². The largest absolute Gasteiger partial charge is 0.491 e. The van der Waals surface area contributed by atoms with Crippen LogP contribution in [0, 0.1) is 6.92 Å². The average molecular weight is 326 g/mol. The number of hydrogen-bond acceptors (Lipinski definition) is 6. The molecule has 2 heterocycles. The van der Waals surface area contributed by atoms with E-state index < -0.39 is 12.2 Å². The molecule has 0 bridgehead atoms. The van der Waals surface area contributed by atoms with Crippen LogP contribution in [0.5, 0.6) is 5.75 Å². The van der Waals surface area contributed by atoms with E-state index >= 15 is 0 Å². The van der Waals surface area contributed by atoms with Gasteiger partial charge in [0.15, 0.2) is 0 Å². The molecule has 3 rings (SSSR count). The van der Waals surface area contributed by atoms with E-state index in [1.807, 2.05) is 18.2 Å². The Morgan fingerprint density at radius 3 is 2.52 bits per heavy atom. The Labute approximate surface area is 136 Å². The zero-order valence-electron chi connectivity index (χ0n) is 13.4. The highest BCUT2D eigenvalue weighted by Crippen LogP contribution is 2.16. The minimum atomic E-state index is -0.789. The normalized spacial score (nSPS) is 29.9. The molecular formula is C17H26O6. The van der Waals surface area contributed by atoms with Crippen LogP contribution in [-0.4, -0.2) is 66.2 Å². The molecule has 6 nitrogen and oxygen atoms in total. The monoisotopic (exact) mass is 326 g/mol. The second-order valence-electron chi connectivity index (χ2n) is 5.92. The van der Waals surface area contributed by atoms with Gasteiger partial charge in [0.2, 0.25) is 0 Å². The van der Waals surface area contributed by atoms with Crippen molar-refractivity contribution in [1.29, 1.82) is 0 Å². The molecule has 4 unspecified atom stereocenters. The lowest BCUT2D eigenvalue weighted by molar-refractivity contribution is -0.131. The molecule has 0 spiro atoms. The van der Waals surface area contributed by atoms with Crippen molar-refractivity contribution in [2.24, 2.45) is 0 Å². The third kappa shape index (κ3) is 6.08. The Hall–Kier alpha value is -1.18. The summed E-state index contributed by atoms with van der Waals surface area (Å²) in [5, 5.41) is 26.5. The van der Waals surface area contributed by atoms with E-state index in [4.69, 9.17) is 29.5 Å². The number of aliphatic hydroxyl groups is 3. The van der Waals surface area contributed by atoms with Crippen LogP contribution in [0.2, 0.25) is 0 Å². The summed E-state index contributed by atoms with van der Waals surface area (Å²) >= 11 is 0. The van der Waals surface area contributed by atoms with Gasteiger partial charge in [0.25, 0.3) is 0 Å². The Balaban J connectivity index is 0.000000174. The van der Waals surface area contributed by atoms with Crippen molar-refractivity contribution >= 4 is 0 Å². The fourth-order valence-electron chi connectivity index (χ4n) is 2.28. The van der Waals surface area contributed by atoms with Crippen molar-refractivity contribution in [2.75, 3.05) is 26.4 Å². The molecule has 1 aromatic carbocycles. The van der Waals surface area contributed by atoms with E-state index in [0.29, 0.717) is 19.1 Å². The molecule has 2 aliphatic heterocycles. The molecule has 3 N–H and O–H groups in total. The van der Waals surface area contributed by atoms with Gasteiger partial charge >= 0.3 is 0 Å². The third-order valence-electron chi connectivity index (χ3n) is 3.87. The molecule has 6 heteroatoms. The quantitative estimate of drug-likeness (QED) is 0.753. The molecule has 130 valence electrons. The van der Waals surface area contributed by atoms with Crippen LogP contribution < -0.4 is 4.74 Å². The van der Waals surface area contributed by atoms with Gasteiger partial charge in [0.05, 0.1) is 31.5 Å². The molecule has 0 aromatic heterocycles. The number of aryl methyl sites for hydroxylation is 1. The number of hydrogen-bond donors (Lipinski definition) is 3. The summed E-state index contributed by atoms with van der Waals surface area (Å²) in [5.74, 6) is 0.940. The minimum absolute atomic E-state index is 0.0935. The van der Waals surface area contributed by atoms with Crippen LogP contribution in [-0.2, 0) is 9.47 Å². The van der Waals surface area contributed by atoms with E-state index in [2.05, 4.69) is 13.0 Å². The molecule has 4 atom stereocenters. The van der Waals surface area contributed by atoms with Crippen LogP contribution in [0.4, 0.5) is 0 Å². The first-order chi connectivity index (χ1) is 11.1. The van der Waals surface area contributed by atoms with Crippen molar-refractivity contribution in [3.8, 4) is 5.75 Å². The van der Waals surface area contributed by atoms with Crippen LogP contribution >= 0.6 is 0 Å². The summed E-state index contributed by atoms with van der Waals surface area (Å²) in [6.45, 7) is 3.66. The van der Waals surface area contributed by atoms with E-state index in [-0.39, 0.29) is 19.3 Å². The highest BCUT2D eigenvalue weighted by atomic mass is 16.5. The summed E-state index contributed by atoms with van der Waals surface area (Å²) in [7, 11) is 0. The summed E-state index contributed by atoms with van der Waals surface area (Å²) in [6, 6.07) is 8.09. The van der Waals surface area contributed by atoms with Gasteiger partial charge in [-0.05, 0) is 24.6 Å². The first-order valence-electron chi connectivity index (χ1n) is 7.98. The summed E-state index contributed by atoms with van der Waals surface area (Å²) < 4.78 is 15.8. The molecule has 2 aliphatic rings.